The van der Waals surface area contributed by atoms with Gasteiger partial charge in [0, 0.05) is 0 Å². The highest BCUT2D eigenvalue weighted by Gasteiger charge is 2.22. The van der Waals surface area contributed by atoms with E-state index >= 15 is 0 Å². The van der Waals surface area contributed by atoms with Crippen molar-refractivity contribution >= 4 is 34.9 Å². The van der Waals surface area contributed by atoms with Gasteiger partial charge in [0.25, 0.3) is 0 Å². The fraction of sp³-hybridized carbons (Fsp3) is 0.0769. The SMILES string of the molecule is COC(=O)c1ccccc1Oc1ncc([N+](=O)[O-])c(Cl)c1Cl. The van der Waals surface area contributed by atoms with Crippen molar-refractivity contribution in [1.29, 1.82) is 0 Å². The molecule has 0 aliphatic carbocycles. The quantitative estimate of drug-likeness (QED) is 0.475. The molecule has 1 aromatic carbocycles. The lowest BCUT2D eigenvalue weighted by Gasteiger charge is -2.10. The van der Waals surface area contributed by atoms with Gasteiger partial charge in [0.2, 0.25) is 5.88 Å². The summed E-state index contributed by atoms with van der Waals surface area (Å²) >= 11 is 11.7. The van der Waals surface area contributed by atoms with Gasteiger partial charge < -0.3 is 9.47 Å². The molecule has 0 saturated carbocycles. The Morgan fingerprint density at radius 1 is 1.27 bits per heavy atom. The summed E-state index contributed by atoms with van der Waals surface area (Å²) in [4.78, 5) is 25.4. The van der Waals surface area contributed by atoms with E-state index in [9.17, 15) is 14.9 Å². The molecule has 2 aromatic rings. The van der Waals surface area contributed by atoms with Crippen molar-refractivity contribution in [3.63, 3.8) is 0 Å². The van der Waals surface area contributed by atoms with Gasteiger partial charge in [0.05, 0.1) is 12.0 Å². The first-order chi connectivity index (χ1) is 10.5. The number of rotatable bonds is 4. The fourth-order valence-corrected chi connectivity index (χ4v) is 1.96. The number of methoxy groups -OCH3 is 1. The molecule has 0 radical (unpaired) electrons. The van der Waals surface area contributed by atoms with Gasteiger partial charge in [-0.15, -0.1) is 0 Å². The molecule has 1 aromatic heterocycles. The van der Waals surface area contributed by atoms with Crippen molar-refractivity contribution in [2.24, 2.45) is 0 Å². The van der Waals surface area contributed by atoms with Crippen molar-refractivity contribution in [2.45, 2.75) is 0 Å². The molecule has 0 aliphatic rings. The zero-order valence-corrected chi connectivity index (χ0v) is 12.6. The first-order valence-electron chi connectivity index (χ1n) is 5.79. The lowest BCUT2D eigenvalue weighted by atomic mass is 10.2. The van der Waals surface area contributed by atoms with Crippen molar-refractivity contribution in [1.82, 2.24) is 4.98 Å². The van der Waals surface area contributed by atoms with Crippen molar-refractivity contribution in [2.75, 3.05) is 7.11 Å². The van der Waals surface area contributed by atoms with E-state index in [2.05, 4.69) is 9.72 Å². The molecule has 0 amide bonds. The number of carbonyl (C=O) groups excluding carboxylic acids is 1. The Morgan fingerprint density at radius 3 is 2.59 bits per heavy atom. The number of nitrogens with zero attached hydrogens (tertiary/aromatic N) is 2. The van der Waals surface area contributed by atoms with E-state index in [1.165, 1.54) is 19.2 Å². The predicted octanol–water partition coefficient (Wildman–Crippen LogP) is 3.88. The van der Waals surface area contributed by atoms with E-state index in [1.54, 1.807) is 12.1 Å². The summed E-state index contributed by atoms with van der Waals surface area (Å²) in [5.74, 6) is -0.637. The minimum absolute atomic E-state index is 0.133. The van der Waals surface area contributed by atoms with Gasteiger partial charge >= 0.3 is 11.7 Å². The first kappa shape index (κ1) is 16.0. The van der Waals surface area contributed by atoms with Gasteiger partial charge in [-0.2, -0.15) is 0 Å². The number of pyridine rings is 1. The fourth-order valence-electron chi connectivity index (χ4n) is 1.58. The van der Waals surface area contributed by atoms with Crippen molar-refractivity contribution in [3.8, 4) is 11.6 Å². The Hall–Kier alpha value is -2.38. The number of para-hydroxylation sites is 1. The van der Waals surface area contributed by atoms with Gasteiger partial charge in [0.15, 0.2) is 0 Å². The standard InChI is InChI=1S/C13H8Cl2N2O5/c1-21-13(18)7-4-2-3-5-9(7)22-12-11(15)10(14)8(6-16-12)17(19)20/h2-6H,1H3. The van der Waals surface area contributed by atoms with E-state index < -0.39 is 16.6 Å². The van der Waals surface area contributed by atoms with Gasteiger partial charge in [-0.05, 0) is 12.1 Å². The smallest absolute Gasteiger partial charge is 0.341 e. The van der Waals surface area contributed by atoms with Crippen molar-refractivity contribution < 1.29 is 19.2 Å². The van der Waals surface area contributed by atoms with Crippen LogP contribution in [-0.2, 0) is 4.74 Å². The molecule has 0 fully saturated rings. The highest BCUT2D eigenvalue weighted by molar-refractivity contribution is 6.44. The predicted molar refractivity (Wildman–Crippen MR) is 78.8 cm³/mol. The second kappa shape index (κ2) is 6.59. The van der Waals surface area contributed by atoms with E-state index in [4.69, 9.17) is 27.9 Å². The number of hydrogen-bond acceptors (Lipinski definition) is 6. The highest BCUT2D eigenvalue weighted by Crippen LogP contribution is 2.38. The van der Waals surface area contributed by atoms with Crippen LogP contribution in [0.15, 0.2) is 30.5 Å². The molecule has 1 heterocycles. The Morgan fingerprint density at radius 2 is 1.95 bits per heavy atom. The molecule has 0 aliphatic heterocycles. The number of nitro groups is 1. The minimum atomic E-state index is -0.715. The molecule has 9 heteroatoms. The number of benzene rings is 1. The maximum absolute atomic E-state index is 11.6. The van der Waals surface area contributed by atoms with Crippen LogP contribution in [0.2, 0.25) is 10.0 Å². The van der Waals surface area contributed by atoms with Gasteiger partial charge in [-0.1, -0.05) is 35.3 Å². The number of hydrogen-bond donors (Lipinski definition) is 0. The maximum Gasteiger partial charge on any atom is 0.341 e. The van der Waals surface area contributed by atoms with Crippen LogP contribution in [0.1, 0.15) is 10.4 Å². The molecular weight excluding hydrogens is 335 g/mol. The third kappa shape index (κ3) is 3.10. The van der Waals surface area contributed by atoms with Crippen LogP contribution in [0.3, 0.4) is 0 Å². The molecule has 2 rings (SSSR count). The monoisotopic (exact) mass is 342 g/mol. The van der Waals surface area contributed by atoms with Crippen LogP contribution in [0.4, 0.5) is 5.69 Å². The highest BCUT2D eigenvalue weighted by atomic mass is 35.5. The second-order valence-corrected chi connectivity index (χ2v) is 4.68. The zero-order valence-electron chi connectivity index (χ0n) is 11.1. The van der Waals surface area contributed by atoms with Crippen LogP contribution in [0, 0.1) is 10.1 Å². The Balaban J connectivity index is 2.43. The minimum Gasteiger partial charge on any atom is -0.465 e. The Labute approximate surface area is 134 Å². The largest absolute Gasteiger partial charge is 0.465 e. The van der Waals surface area contributed by atoms with Crippen LogP contribution < -0.4 is 4.74 Å². The molecule has 114 valence electrons. The lowest BCUT2D eigenvalue weighted by Crippen LogP contribution is -2.04. The molecule has 7 nitrogen and oxygen atoms in total. The lowest BCUT2D eigenvalue weighted by molar-refractivity contribution is -0.385. The molecule has 0 atom stereocenters. The van der Waals surface area contributed by atoms with Crippen LogP contribution >= 0.6 is 23.2 Å². The number of carbonyl (C=O) groups is 1. The third-order valence-corrected chi connectivity index (χ3v) is 3.44. The average Bonchev–Trinajstić information content (AvgIpc) is 2.51. The summed E-state index contributed by atoms with van der Waals surface area (Å²) in [5.41, 5.74) is -0.294. The number of ether oxygens (including phenoxy) is 2. The summed E-state index contributed by atoms with van der Waals surface area (Å²) < 4.78 is 10.1. The molecule has 0 saturated heterocycles. The number of aromatic nitrogens is 1. The van der Waals surface area contributed by atoms with E-state index in [-0.39, 0.29) is 27.2 Å². The molecule has 0 spiro atoms. The molecule has 0 N–H and O–H groups in total. The maximum atomic E-state index is 11.6. The first-order valence-corrected chi connectivity index (χ1v) is 6.55. The molecular formula is C13H8Cl2N2O5. The van der Waals surface area contributed by atoms with E-state index in [0.29, 0.717) is 0 Å². The Kier molecular flexibility index (Phi) is 4.79. The van der Waals surface area contributed by atoms with Crippen LogP contribution in [0.5, 0.6) is 11.6 Å². The van der Waals surface area contributed by atoms with Crippen LogP contribution in [0.25, 0.3) is 0 Å². The summed E-state index contributed by atoms with van der Waals surface area (Å²) in [6, 6.07) is 6.24. The number of halogens is 2. The van der Waals surface area contributed by atoms with E-state index in [0.717, 1.165) is 6.20 Å². The second-order valence-electron chi connectivity index (χ2n) is 3.92. The average molecular weight is 343 g/mol. The molecule has 0 unspecified atom stereocenters. The third-order valence-electron chi connectivity index (χ3n) is 2.61. The zero-order chi connectivity index (χ0) is 16.3. The van der Waals surface area contributed by atoms with Gasteiger partial charge in [-0.3, -0.25) is 10.1 Å². The van der Waals surface area contributed by atoms with Crippen LogP contribution in [-0.4, -0.2) is 23.0 Å². The van der Waals surface area contributed by atoms with Crippen molar-refractivity contribution in [3.05, 3.63) is 56.2 Å². The van der Waals surface area contributed by atoms with Gasteiger partial charge in [-0.25, -0.2) is 9.78 Å². The van der Waals surface area contributed by atoms with E-state index in [1.807, 2.05) is 0 Å². The Bertz CT molecular complexity index is 751. The summed E-state index contributed by atoms with van der Waals surface area (Å²) in [7, 11) is 1.23. The normalized spacial score (nSPS) is 10.1. The summed E-state index contributed by atoms with van der Waals surface area (Å²) in [5, 5.41) is 10.2. The number of esters is 1. The molecule has 22 heavy (non-hydrogen) atoms. The molecule has 0 bridgehead atoms. The van der Waals surface area contributed by atoms with Gasteiger partial charge in [0.1, 0.15) is 27.6 Å². The summed E-state index contributed by atoms with van der Waals surface area (Å²) in [6.07, 6.45) is 0.921. The topological polar surface area (TPSA) is 91.6 Å². The summed E-state index contributed by atoms with van der Waals surface area (Å²) in [6.45, 7) is 0.